The van der Waals surface area contributed by atoms with Gasteiger partial charge in [0.05, 0.1) is 10.6 Å². The van der Waals surface area contributed by atoms with Gasteiger partial charge in [0.2, 0.25) is 5.91 Å². The van der Waals surface area contributed by atoms with Crippen molar-refractivity contribution >= 4 is 27.3 Å². The second-order valence-corrected chi connectivity index (χ2v) is 8.37. The molecule has 2 saturated carbocycles. The highest BCUT2D eigenvalue weighted by atomic mass is 32.2. The van der Waals surface area contributed by atoms with Crippen molar-refractivity contribution in [2.45, 2.75) is 37.5 Å². The van der Waals surface area contributed by atoms with Crippen LogP contribution in [0.15, 0.2) is 23.1 Å². The van der Waals surface area contributed by atoms with Crippen molar-refractivity contribution in [1.29, 1.82) is 0 Å². The van der Waals surface area contributed by atoms with Gasteiger partial charge < -0.3 is 5.32 Å². The molecule has 2 aliphatic carbocycles. The third-order valence-electron chi connectivity index (χ3n) is 5.14. The summed E-state index contributed by atoms with van der Waals surface area (Å²) in [5, 5.41) is 13.8. The molecule has 0 unspecified atom stereocenters. The van der Waals surface area contributed by atoms with E-state index in [0.717, 1.165) is 31.7 Å². The van der Waals surface area contributed by atoms with Gasteiger partial charge in [-0.2, -0.15) is 0 Å². The Morgan fingerprint density at radius 2 is 2.08 bits per heavy atom. The maximum Gasteiger partial charge on any atom is 0.270 e. The van der Waals surface area contributed by atoms with Crippen molar-refractivity contribution in [2.24, 2.45) is 17.8 Å². The Balaban J connectivity index is 1.86. The van der Waals surface area contributed by atoms with Gasteiger partial charge in [-0.05, 0) is 44.1 Å². The minimum Gasteiger partial charge on any atom is -0.384 e. The molecular weight excluding hydrogens is 346 g/mol. The van der Waals surface area contributed by atoms with Crippen LogP contribution in [-0.4, -0.2) is 25.8 Å². The Bertz CT molecular complexity index is 808. The van der Waals surface area contributed by atoms with E-state index < -0.39 is 20.9 Å². The average Bonchev–Trinajstić information content (AvgIpc) is 3.18. The summed E-state index contributed by atoms with van der Waals surface area (Å²) in [5.41, 5.74) is -0.101. The number of non-ortho nitro benzene ring substituents is 1. The molecule has 0 heterocycles. The van der Waals surface area contributed by atoms with Gasteiger partial charge in [0.25, 0.3) is 15.7 Å². The molecule has 0 radical (unpaired) electrons. The number of anilines is 1. The lowest BCUT2D eigenvalue weighted by Gasteiger charge is -2.21. The molecule has 25 heavy (non-hydrogen) atoms. The molecular formula is C16H21N3O5S. The molecule has 0 spiro atoms. The van der Waals surface area contributed by atoms with Crippen molar-refractivity contribution in [2.75, 3.05) is 11.9 Å². The molecule has 1 aromatic carbocycles. The van der Waals surface area contributed by atoms with E-state index in [1.807, 2.05) is 0 Å². The van der Waals surface area contributed by atoms with Crippen LogP contribution in [0.2, 0.25) is 0 Å². The molecule has 2 aliphatic rings. The predicted molar refractivity (Wildman–Crippen MR) is 91.5 cm³/mol. The number of fused-ring (bicyclic) bond motifs is 2. The number of nitro benzene ring substituents is 1. The molecule has 0 saturated heterocycles. The Morgan fingerprint density at radius 3 is 2.64 bits per heavy atom. The van der Waals surface area contributed by atoms with Crippen LogP contribution in [0.3, 0.4) is 0 Å². The summed E-state index contributed by atoms with van der Waals surface area (Å²) < 4.78 is 27.5. The fraction of sp³-hybridized carbons (Fsp3) is 0.562. The Kier molecular flexibility index (Phi) is 4.68. The van der Waals surface area contributed by atoms with Gasteiger partial charge in [-0.1, -0.05) is 6.42 Å². The number of benzene rings is 1. The second kappa shape index (κ2) is 6.62. The van der Waals surface area contributed by atoms with E-state index in [1.54, 1.807) is 6.92 Å². The number of nitrogens with zero attached hydrogens (tertiary/aromatic N) is 1. The molecule has 1 amide bonds. The Hall–Kier alpha value is -2.16. The van der Waals surface area contributed by atoms with Gasteiger partial charge in [-0.15, -0.1) is 0 Å². The molecule has 1 aromatic rings. The molecule has 0 aromatic heterocycles. The van der Waals surface area contributed by atoms with E-state index in [4.69, 9.17) is 0 Å². The summed E-state index contributed by atoms with van der Waals surface area (Å²) in [5.74, 6) is -0.0203. The molecule has 0 aliphatic heterocycles. The number of rotatable bonds is 6. The molecule has 3 rings (SSSR count). The fourth-order valence-electron chi connectivity index (χ4n) is 4.01. The first kappa shape index (κ1) is 17.7. The van der Waals surface area contributed by atoms with Gasteiger partial charge in [0.15, 0.2) is 0 Å². The highest BCUT2D eigenvalue weighted by Crippen LogP contribution is 2.48. The summed E-state index contributed by atoms with van der Waals surface area (Å²) >= 11 is 0. The van der Waals surface area contributed by atoms with E-state index in [1.165, 1.54) is 12.1 Å². The van der Waals surface area contributed by atoms with Crippen LogP contribution in [-0.2, 0) is 14.8 Å². The van der Waals surface area contributed by atoms with Crippen molar-refractivity contribution in [3.8, 4) is 0 Å². The number of carbonyl (C=O) groups is 1. The van der Waals surface area contributed by atoms with Crippen LogP contribution in [0, 0.1) is 27.9 Å². The number of hydrogen-bond donors (Lipinski definition) is 2. The van der Waals surface area contributed by atoms with E-state index in [2.05, 4.69) is 10.0 Å². The number of nitrogens with one attached hydrogen (secondary N) is 2. The Morgan fingerprint density at radius 1 is 1.32 bits per heavy atom. The van der Waals surface area contributed by atoms with E-state index >= 15 is 0 Å². The lowest BCUT2D eigenvalue weighted by atomic mass is 9.88. The second-order valence-electron chi connectivity index (χ2n) is 6.72. The first-order valence-corrected chi connectivity index (χ1v) is 9.89. The van der Waals surface area contributed by atoms with Gasteiger partial charge in [-0.3, -0.25) is 14.9 Å². The van der Waals surface area contributed by atoms with Crippen LogP contribution in [0.25, 0.3) is 0 Å². The number of sulfonamides is 1. The van der Waals surface area contributed by atoms with Crippen molar-refractivity contribution in [3.05, 3.63) is 28.3 Å². The summed E-state index contributed by atoms with van der Waals surface area (Å²) in [6.45, 7) is 2.23. The van der Waals surface area contributed by atoms with Crippen molar-refractivity contribution in [1.82, 2.24) is 4.72 Å². The minimum absolute atomic E-state index is 0.237. The standard InChI is InChI=1S/C16H21N3O5S/c1-2-17-14-6-5-12(19(21)22)9-15(14)25(23,24)18-16(20)13-8-10-3-4-11(13)7-10/h5-6,9-11,13,17H,2-4,7-8H2,1H3,(H,18,20)/t10-,11-,13+/m0/s1. The van der Waals surface area contributed by atoms with Gasteiger partial charge >= 0.3 is 0 Å². The van der Waals surface area contributed by atoms with Crippen molar-refractivity contribution < 1.29 is 18.1 Å². The molecule has 9 heteroatoms. The molecule has 2 bridgehead atoms. The summed E-state index contributed by atoms with van der Waals surface area (Å²) in [7, 11) is -4.19. The molecule has 136 valence electrons. The molecule has 8 nitrogen and oxygen atoms in total. The first-order chi connectivity index (χ1) is 11.8. The smallest absolute Gasteiger partial charge is 0.270 e. The zero-order valence-electron chi connectivity index (χ0n) is 13.9. The van der Waals surface area contributed by atoms with Crippen LogP contribution < -0.4 is 10.0 Å². The SMILES string of the molecule is CCNc1ccc([N+](=O)[O-])cc1S(=O)(=O)NC(=O)[C@@H]1C[C@H]2CC[C@H]1C2. The third-order valence-corrected chi connectivity index (χ3v) is 6.53. The van der Waals surface area contributed by atoms with Crippen LogP contribution in [0.1, 0.15) is 32.6 Å². The van der Waals surface area contributed by atoms with Gasteiger partial charge in [0.1, 0.15) is 4.90 Å². The largest absolute Gasteiger partial charge is 0.384 e. The predicted octanol–water partition coefficient (Wildman–Crippen LogP) is 2.27. The van der Waals surface area contributed by atoms with Crippen LogP contribution in [0.4, 0.5) is 11.4 Å². The highest BCUT2D eigenvalue weighted by molar-refractivity contribution is 7.90. The zero-order valence-corrected chi connectivity index (χ0v) is 14.7. The molecule has 2 fully saturated rings. The van der Waals surface area contributed by atoms with Gasteiger partial charge in [0, 0.05) is 24.6 Å². The quantitative estimate of drug-likeness (QED) is 0.588. The third kappa shape index (κ3) is 3.46. The van der Waals surface area contributed by atoms with Crippen LogP contribution >= 0.6 is 0 Å². The first-order valence-electron chi connectivity index (χ1n) is 8.40. The van der Waals surface area contributed by atoms with Gasteiger partial charge in [-0.25, -0.2) is 13.1 Å². The number of amides is 1. The maximum atomic E-state index is 12.7. The lowest BCUT2D eigenvalue weighted by Crippen LogP contribution is -2.38. The summed E-state index contributed by atoms with van der Waals surface area (Å²) in [4.78, 5) is 22.5. The zero-order chi connectivity index (χ0) is 18.2. The highest BCUT2D eigenvalue weighted by Gasteiger charge is 2.44. The summed E-state index contributed by atoms with van der Waals surface area (Å²) in [6.07, 6.45) is 3.78. The van der Waals surface area contributed by atoms with Crippen LogP contribution in [0.5, 0.6) is 0 Å². The summed E-state index contributed by atoms with van der Waals surface area (Å²) in [6, 6.07) is 3.56. The minimum atomic E-state index is -4.19. The Labute approximate surface area is 146 Å². The normalized spacial score (nSPS) is 24.9. The monoisotopic (exact) mass is 367 g/mol. The maximum absolute atomic E-state index is 12.7. The lowest BCUT2D eigenvalue weighted by molar-refractivity contribution is -0.385. The molecule has 3 atom stereocenters. The number of carbonyl (C=O) groups excluding carboxylic acids is 1. The van der Waals surface area contributed by atoms with Crippen molar-refractivity contribution in [3.63, 3.8) is 0 Å². The number of hydrogen-bond acceptors (Lipinski definition) is 6. The topological polar surface area (TPSA) is 118 Å². The number of nitro groups is 1. The molecule has 2 N–H and O–H groups in total. The van der Waals surface area contributed by atoms with E-state index in [-0.39, 0.29) is 28.1 Å². The fourth-order valence-corrected chi connectivity index (χ4v) is 5.24. The average molecular weight is 367 g/mol. The van der Waals surface area contributed by atoms with E-state index in [9.17, 15) is 23.3 Å². The van der Waals surface area contributed by atoms with E-state index in [0.29, 0.717) is 12.5 Å².